The SMILES string of the molecule is Cc1ccc(-c2noc(C(=O)NCc3cccnc3)n2)cc1S(=O)(=O)N1CCCCC1. The van der Waals surface area contributed by atoms with Crippen molar-refractivity contribution >= 4 is 15.9 Å². The van der Waals surface area contributed by atoms with Crippen LogP contribution in [0.5, 0.6) is 0 Å². The van der Waals surface area contributed by atoms with Gasteiger partial charge in [0.1, 0.15) is 0 Å². The van der Waals surface area contributed by atoms with Gasteiger partial charge in [-0.1, -0.05) is 29.8 Å². The quantitative estimate of drug-likeness (QED) is 0.624. The third-order valence-electron chi connectivity index (χ3n) is 5.18. The predicted molar refractivity (Wildman–Crippen MR) is 112 cm³/mol. The lowest BCUT2D eigenvalue weighted by Crippen LogP contribution is -2.35. The zero-order chi connectivity index (χ0) is 21.8. The van der Waals surface area contributed by atoms with Gasteiger partial charge >= 0.3 is 11.8 Å². The molecule has 1 saturated heterocycles. The second kappa shape index (κ2) is 8.94. The molecular weight excluding hydrogens is 418 g/mol. The van der Waals surface area contributed by atoms with E-state index in [2.05, 4.69) is 20.4 Å². The zero-order valence-electron chi connectivity index (χ0n) is 17.1. The Bertz CT molecular complexity index is 1170. The van der Waals surface area contributed by atoms with E-state index in [9.17, 15) is 13.2 Å². The molecule has 162 valence electrons. The van der Waals surface area contributed by atoms with Gasteiger partial charge < -0.3 is 9.84 Å². The van der Waals surface area contributed by atoms with Gasteiger partial charge in [0.2, 0.25) is 15.8 Å². The molecule has 2 aromatic heterocycles. The monoisotopic (exact) mass is 441 g/mol. The van der Waals surface area contributed by atoms with E-state index < -0.39 is 15.9 Å². The number of nitrogens with zero attached hydrogens (tertiary/aromatic N) is 4. The highest BCUT2D eigenvalue weighted by Gasteiger charge is 2.28. The minimum atomic E-state index is -3.61. The first-order chi connectivity index (χ1) is 14.9. The van der Waals surface area contributed by atoms with Gasteiger partial charge in [-0.15, -0.1) is 0 Å². The van der Waals surface area contributed by atoms with Gasteiger partial charge in [0, 0.05) is 37.6 Å². The average Bonchev–Trinajstić information content (AvgIpc) is 3.29. The number of amides is 1. The molecule has 3 aromatic rings. The van der Waals surface area contributed by atoms with Crippen LogP contribution in [-0.4, -0.2) is 46.8 Å². The number of hydrogen-bond donors (Lipinski definition) is 1. The predicted octanol–water partition coefficient (Wildman–Crippen LogP) is 2.54. The normalized spacial score (nSPS) is 15.0. The number of hydrogen-bond acceptors (Lipinski definition) is 7. The van der Waals surface area contributed by atoms with Gasteiger partial charge in [-0.25, -0.2) is 8.42 Å². The average molecular weight is 442 g/mol. The molecule has 1 aliphatic heterocycles. The third kappa shape index (κ3) is 4.64. The maximum atomic E-state index is 13.1. The maximum Gasteiger partial charge on any atom is 0.316 e. The summed E-state index contributed by atoms with van der Waals surface area (Å²) in [4.78, 5) is 20.7. The van der Waals surface area contributed by atoms with Crippen molar-refractivity contribution in [3.63, 3.8) is 0 Å². The Hall–Kier alpha value is -3.11. The molecule has 10 heteroatoms. The first-order valence-corrected chi connectivity index (χ1v) is 11.5. The van der Waals surface area contributed by atoms with E-state index in [-0.39, 0.29) is 23.2 Å². The third-order valence-corrected chi connectivity index (χ3v) is 7.22. The smallest absolute Gasteiger partial charge is 0.316 e. The van der Waals surface area contributed by atoms with Crippen LogP contribution in [0.25, 0.3) is 11.4 Å². The molecule has 0 aliphatic carbocycles. The highest BCUT2D eigenvalue weighted by molar-refractivity contribution is 7.89. The van der Waals surface area contributed by atoms with E-state index >= 15 is 0 Å². The number of nitrogens with one attached hydrogen (secondary N) is 1. The molecule has 1 N–H and O–H groups in total. The van der Waals surface area contributed by atoms with Crippen LogP contribution in [0.3, 0.4) is 0 Å². The number of carbonyl (C=O) groups excluding carboxylic acids is 1. The van der Waals surface area contributed by atoms with Gasteiger partial charge in [-0.05, 0) is 43.0 Å². The molecule has 9 nitrogen and oxygen atoms in total. The van der Waals surface area contributed by atoms with Crippen molar-refractivity contribution in [2.75, 3.05) is 13.1 Å². The Morgan fingerprint density at radius 1 is 1.19 bits per heavy atom. The number of rotatable bonds is 6. The largest absolute Gasteiger partial charge is 0.344 e. The van der Waals surface area contributed by atoms with Crippen LogP contribution >= 0.6 is 0 Å². The van der Waals surface area contributed by atoms with E-state index in [4.69, 9.17) is 4.52 Å². The first kappa shape index (κ1) is 21.1. The molecule has 1 amide bonds. The molecule has 4 rings (SSSR count). The van der Waals surface area contributed by atoms with Gasteiger partial charge in [-0.2, -0.15) is 9.29 Å². The highest BCUT2D eigenvalue weighted by atomic mass is 32.2. The number of aryl methyl sites for hydroxylation is 1. The van der Waals surface area contributed by atoms with Crippen molar-refractivity contribution in [2.24, 2.45) is 0 Å². The molecule has 0 bridgehead atoms. The van der Waals surface area contributed by atoms with E-state index in [1.54, 1.807) is 43.6 Å². The molecule has 1 aromatic carbocycles. The molecule has 3 heterocycles. The van der Waals surface area contributed by atoms with Crippen LogP contribution in [0.15, 0.2) is 52.1 Å². The van der Waals surface area contributed by atoms with Gasteiger partial charge in [0.05, 0.1) is 4.90 Å². The topological polar surface area (TPSA) is 118 Å². The van der Waals surface area contributed by atoms with E-state index in [0.29, 0.717) is 24.2 Å². The van der Waals surface area contributed by atoms with Gasteiger partial charge in [0.25, 0.3) is 0 Å². The number of piperidine rings is 1. The lowest BCUT2D eigenvalue weighted by Gasteiger charge is -2.26. The minimum absolute atomic E-state index is 0.154. The minimum Gasteiger partial charge on any atom is -0.344 e. The summed E-state index contributed by atoms with van der Waals surface area (Å²) in [6.45, 7) is 3.08. The standard InChI is InChI=1S/C21H23N5O4S/c1-15-7-8-17(12-18(15)31(28,29)26-10-3-2-4-11-26)19-24-21(30-25-19)20(27)23-14-16-6-5-9-22-13-16/h5-9,12-13H,2-4,10-11,14H2,1H3,(H,23,27). The summed E-state index contributed by atoms with van der Waals surface area (Å²) in [7, 11) is -3.61. The fraction of sp³-hybridized carbons (Fsp3) is 0.333. The van der Waals surface area contributed by atoms with Crippen LogP contribution in [0.1, 0.15) is 41.1 Å². The molecule has 1 fully saturated rings. The summed E-state index contributed by atoms with van der Waals surface area (Å²) in [6.07, 6.45) is 6.06. The molecule has 31 heavy (non-hydrogen) atoms. The number of pyridine rings is 1. The van der Waals surface area contributed by atoms with Crippen molar-refractivity contribution in [1.29, 1.82) is 0 Å². The Balaban J connectivity index is 1.53. The summed E-state index contributed by atoms with van der Waals surface area (Å²) in [6, 6.07) is 8.58. The molecule has 1 aliphatic rings. The van der Waals surface area contributed by atoms with Crippen molar-refractivity contribution in [1.82, 2.24) is 24.7 Å². The molecule has 0 radical (unpaired) electrons. The summed E-state index contributed by atoms with van der Waals surface area (Å²) in [5, 5.41) is 6.55. The summed E-state index contributed by atoms with van der Waals surface area (Å²) in [5.41, 5.74) is 1.95. The van der Waals surface area contributed by atoms with Crippen LogP contribution in [0.4, 0.5) is 0 Å². The molecule has 0 unspecified atom stereocenters. The van der Waals surface area contributed by atoms with Crippen LogP contribution in [-0.2, 0) is 16.6 Å². The van der Waals surface area contributed by atoms with Crippen molar-refractivity contribution in [3.05, 3.63) is 59.7 Å². The number of sulfonamides is 1. The highest BCUT2D eigenvalue weighted by Crippen LogP contribution is 2.27. The zero-order valence-corrected chi connectivity index (χ0v) is 17.9. The Morgan fingerprint density at radius 3 is 2.74 bits per heavy atom. The Kier molecular flexibility index (Phi) is 6.10. The Morgan fingerprint density at radius 2 is 2.00 bits per heavy atom. The molecule has 0 spiro atoms. The fourth-order valence-corrected chi connectivity index (χ4v) is 5.22. The van der Waals surface area contributed by atoms with Crippen LogP contribution in [0, 0.1) is 6.92 Å². The van der Waals surface area contributed by atoms with E-state index in [0.717, 1.165) is 24.8 Å². The van der Waals surface area contributed by atoms with Gasteiger partial charge in [-0.3, -0.25) is 9.78 Å². The first-order valence-electron chi connectivity index (χ1n) is 10.1. The summed E-state index contributed by atoms with van der Waals surface area (Å²) < 4.78 is 32.9. The van der Waals surface area contributed by atoms with Crippen LogP contribution in [0.2, 0.25) is 0 Å². The van der Waals surface area contributed by atoms with Crippen molar-refractivity contribution in [3.8, 4) is 11.4 Å². The maximum absolute atomic E-state index is 13.1. The van der Waals surface area contributed by atoms with E-state index in [1.165, 1.54) is 4.31 Å². The molecule has 0 saturated carbocycles. The lowest BCUT2D eigenvalue weighted by molar-refractivity contribution is 0.0907. The molecular formula is C21H23N5O4S. The lowest BCUT2D eigenvalue weighted by atomic mass is 10.1. The van der Waals surface area contributed by atoms with Gasteiger partial charge in [0.15, 0.2) is 0 Å². The number of aromatic nitrogens is 3. The number of benzene rings is 1. The fourth-order valence-electron chi connectivity index (χ4n) is 3.46. The second-order valence-electron chi connectivity index (χ2n) is 7.41. The number of carbonyl (C=O) groups is 1. The van der Waals surface area contributed by atoms with Crippen LogP contribution < -0.4 is 5.32 Å². The van der Waals surface area contributed by atoms with Crippen molar-refractivity contribution < 1.29 is 17.7 Å². The Labute approximate surface area is 180 Å². The van der Waals surface area contributed by atoms with E-state index in [1.807, 2.05) is 6.07 Å². The summed E-state index contributed by atoms with van der Waals surface area (Å²) in [5.74, 6) is -0.558. The summed E-state index contributed by atoms with van der Waals surface area (Å²) >= 11 is 0. The second-order valence-corrected chi connectivity index (χ2v) is 9.32. The molecule has 0 atom stereocenters. The van der Waals surface area contributed by atoms with Crippen molar-refractivity contribution in [2.45, 2.75) is 37.6 Å².